The van der Waals surface area contributed by atoms with Crippen molar-refractivity contribution in [3.05, 3.63) is 27.6 Å². The fourth-order valence-electron chi connectivity index (χ4n) is 0.925. The summed E-state index contributed by atoms with van der Waals surface area (Å²) >= 11 is 4.98. The fourth-order valence-corrected chi connectivity index (χ4v) is 1.80. The van der Waals surface area contributed by atoms with E-state index in [0.29, 0.717) is 0 Å². The zero-order chi connectivity index (χ0) is 9.90. The Bertz CT molecular complexity index is 280. The smallest absolute Gasteiger partial charge is 0.112 e. The second kappa shape index (κ2) is 4.35. The second-order valence-corrected chi connectivity index (χ2v) is 5.35. The average Bonchev–Trinajstić information content (AvgIpc) is 2.53. The molecule has 0 amide bonds. The Hall–Kier alpha value is -0.190. The summed E-state index contributed by atoms with van der Waals surface area (Å²) in [6.07, 6.45) is 1.83. The number of nitrogens with zero attached hydrogens (tertiary/aromatic N) is 1. The van der Waals surface area contributed by atoms with E-state index in [4.69, 9.17) is 0 Å². The molecule has 2 nitrogen and oxygen atoms in total. The van der Waals surface area contributed by atoms with Gasteiger partial charge in [-0.3, -0.25) is 0 Å². The molecule has 0 saturated heterocycles. The summed E-state index contributed by atoms with van der Waals surface area (Å²) in [5.41, 5.74) is -0.0785. The molecular formula is C9H13BrN2S. The van der Waals surface area contributed by atoms with Crippen LogP contribution in [0.5, 0.6) is 0 Å². The van der Waals surface area contributed by atoms with Gasteiger partial charge in [0, 0.05) is 22.6 Å². The highest BCUT2D eigenvalue weighted by atomic mass is 79.9. The molecule has 0 aromatic carbocycles. The molecule has 0 radical (unpaired) electrons. The summed E-state index contributed by atoms with van der Waals surface area (Å²) in [5.74, 6) is 0. The van der Waals surface area contributed by atoms with Crippen LogP contribution in [0.2, 0.25) is 0 Å². The molecule has 1 aromatic rings. The lowest BCUT2D eigenvalue weighted by atomic mass is 10.1. The Kier molecular flexibility index (Phi) is 3.64. The van der Waals surface area contributed by atoms with Gasteiger partial charge in [-0.05, 0) is 13.8 Å². The third-order valence-corrected chi connectivity index (χ3v) is 3.07. The van der Waals surface area contributed by atoms with E-state index < -0.39 is 0 Å². The van der Waals surface area contributed by atoms with Crippen molar-refractivity contribution >= 4 is 27.3 Å². The van der Waals surface area contributed by atoms with Crippen molar-refractivity contribution in [1.82, 2.24) is 10.3 Å². The first-order valence-corrected chi connectivity index (χ1v) is 5.68. The highest BCUT2D eigenvalue weighted by Crippen LogP contribution is 2.22. The summed E-state index contributed by atoms with van der Waals surface area (Å²) in [7, 11) is 0. The number of aromatic nitrogens is 1. The minimum atomic E-state index is -0.0785. The van der Waals surface area contributed by atoms with Crippen LogP contribution in [0.3, 0.4) is 0 Å². The van der Waals surface area contributed by atoms with Gasteiger partial charge in [-0.1, -0.05) is 22.5 Å². The van der Waals surface area contributed by atoms with Gasteiger partial charge in [0.2, 0.25) is 0 Å². The number of hydrogen-bond acceptors (Lipinski definition) is 3. The molecule has 72 valence electrons. The largest absolute Gasteiger partial charge is 0.301 e. The Morgan fingerprint density at radius 1 is 1.77 bits per heavy atom. The van der Waals surface area contributed by atoms with Gasteiger partial charge in [0.1, 0.15) is 5.01 Å². The van der Waals surface area contributed by atoms with Crippen LogP contribution in [0.25, 0.3) is 0 Å². The van der Waals surface area contributed by atoms with Crippen LogP contribution in [-0.4, -0.2) is 11.5 Å². The van der Waals surface area contributed by atoms with Gasteiger partial charge in [0.15, 0.2) is 0 Å². The van der Waals surface area contributed by atoms with E-state index in [1.807, 2.05) is 11.6 Å². The highest BCUT2D eigenvalue weighted by Gasteiger charge is 2.21. The van der Waals surface area contributed by atoms with Crippen molar-refractivity contribution < 1.29 is 0 Å². The van der Waals surface area contributed by atoms with Crippen LogP contribution < -0.4 is 5.32 Å². The van der Waals surface area contributed by atoms with Crippen LogP contribution >= 0.6 is 27.3 Å². The maximum atomic E-state index is 4.28. The SMILES string of the molecule is C=C(Br)CNC(C)(C)c1nccs1. The molecule has 0 spiro atoms. The number of hydrogen-bond donors (Lipinski definition) is 1. The van der Waals surface area contributed by atoms with Crippen molar-refractivity contribution in [2.45, 2.75) is 19.4 Å². The molecule has 0 aliphatic carbocycles. The molecule has 0 atom stereocenters. The van der Waals surface area contributed by atoms with Crippen LogP contribution in [0.4, 0.5) is 0 Å². The summed E-state index contributed by atoms with van der Waals surface area (Å²) in [6, 6.07) is 0. The summed E-state index contributed by atoms with van der Waals surface area (Å²) < 4.78 is 0.956. The lowest BCUT2D eigenvalue weighted by Crippen LogP contribution is -2.37. The van der Waals surface area contributed by atoms with Crippen molar-refractivity contribution in [2.24, 2.45) is 0 Å². The molecule has 1 aromatic heterocycles. The number of rotatable bonds is 4. The molecule has 0 aliphatic heterocycles. The van der Waals surface area contributed by atoms with E-state index in [2.05, 4.69) is 46.7 Å². The predicted octanol–water partition coefficient (Wildman–Crippen LogP) is 2.88. The maximum Gasteiger partial charge on any atom is 0.112 e. The van der Waals surface area contributed by atoms with Crippen LogP contribution in [0.1, 0.15) is 18.9 Å². The first-order chi connectivity index (χ1) is 6.02. The highest BCUT2D eigenvalue weighted by molar-refractivity contribution is 9.11. The molecule has 13 heavy (non-hydrogen) atoms. The van der Waals surface area contributed by atoms with Gasteiger partial charge in [-0.15, -0.1) is 11.3 Å². The first kappa shape index (κ1) is 10.9. The van der Waals surface area contributed by atoms with Gasteiger partial charge >= 0.3 is 0 Å². The monoisotopic (exact) mass is 260 g/mol. The average molecular weight is 261 g/mol. The van der Waals surface area contributed by atoms with Crippen LogP contribution in [0.15, 0.2) is 22.6 Å². The molecule has 1 heterocycles. The number of halogens is 1. The lowest BCUT2D eigenvalue weighted by molar-refractivity contribution is 0.422. The Morgan fingerprint density at radius 2 is 2.46 bits per heavy atom. The number of thiazole rings is 1. The zero-order valence-electron chi connectivity index (χ0n) is 7.80. The third-order valence-electron chi connectivity index (χ3n) is 1.69. The van der Waals surface area contributed by atoms with Gasteiger partial charge in [0.25, 0.3) is 0 Å². The summed E-state index contributed by atoms with van der Waals surface area (Å²) in [6.45, 7) is 8.76. The first-order valence-electron chi connectivity index (χ1n) is 4.00. The Labute approximate surface area is 91.2 Å². The van der Waals surface area contributed by atoms with Gasteiger partial charge in [-0.25, -0.2) is 4.98 Å². The molecule has 1 N–H and O–H groups in total. The second-order valence-electron chi connectivity index (χ2n) is 3.33. The van der Waals surface area contributed by atoms with Crippen molar-refractivity contribution in [2.75, 3.05) is 6.54 Å². The molecule has 0 unspecified atom stereocenters. The molecule has 0 saturated carbocycles. The predicted molar refractivity (Wildman–Crippen MR) is 61.2 cm³/mol. The van der Waals surface area contributed by atoms with E-state index in [9.17, 15) is 0 Å². The van der Waals surface area contributed by atoms with E-state index in [0.717, 1.165) is 16.0 Å². The topological polar surface area (TPSA) is 24.9 Å². The fraction of sp³-hybridized carbons (Fsp3) is 0.444. The van der Waals surface area contributed by atoms with Crippen molar-refractivity contribution in [3.63, 3.8) is 0 Å². The van der Waals surface area contributed by atoms with E-state index >= 15 is 0 Å². The molecular weight excluding hydrogens is 248 g/mol. The molecule has 0 bridgehead atoms. The molecule has 0 aliphatic rings. The van der Waals surface area contributed by atoms with Crippen molar-refractivity contribution in [1.29, 1.82) is 0 Å². The summed E-state index contributed by atoms with van der Waals surface area (Å²) in [4.78, 5) is 4.28. The maximum absolute atomic E-state index is 4.28. The van der Waals surface area contributed by atoms with Gasteiger partial charge < -0.3 is 5.32 Å². The minimum absolute atomic E-state index is 0.0785. The number of nitrogens with one attached hydrogen (secondary N) is 1. The van der Waals surface area contributed by atoms with E-state index in [1.54, 1.807) is 11.3 Å². The van der Waals surface area contributed by atoms with Crippen molar-refractivity contribution in [3.8, 4) is 0 Å². The van der Waals surface area contributed by atoms with E-state index in [-0.39, 0.29) is 5.54 Å². The van der Waals surface area contributed by atoms with Gasteiger partial charge in [-0.2, -0.15) is 0 Å². The Balaban J connectivity index is 2.61. The quantitative estimate of drug-likeness (QED) is 0.901. The minimum Gasteiger partial charge on any atom is -0.301 e. The van der Waals surface area contributed by atoms with Crippen LogP contribution in [0, 0.1) is 0 Å². The zero-order valence-corrected chi connectivity index (χ0v) is 10.2. The third kappa shape index (κ3) is 3.21. The van der Waals surface area contributed by atoms with Crippen LogP contribution in [-0.2, 0) is 5.54 Å². The lowest BCUT2D eigenvalue weighted by Gasteiger charge is -2.23. The van der Waals surface area contributed by atoms with Gasteiger partial charge in [0.05, 0.1) is 5.54 Å². The normalized spacial score (nSPS) is 11.6. The van der Waals surface area contributed by atoms with E-state index in [1.165, 1.54) is 0 Å². The molecule has 1 rings (SSSR count). The standard InChI is InChI=1S/C9H13BrN2S/c1-7(10)6-12-9(2,3)8-11-4-5-13-8/h4-5,12H,1,6H2,2-3H3. The Morgan fingerprint density at radius 3 is 2.92 bits per heavy atom. The molecule has 0 fully saturated rings. The molecule has 4 heteroatoms. The summed E-state index contributed by atoms with van der Waals surface area (Å²) in [5, 5.41) is 6.45.